The Morgan fingerprint density at radius 1 is 1.15 bits per heavy atom. The molecule has 0 spiro atoms. The van der Waals surface area contributed by atoms with Gasteiger partial charge in [-0.25, -0.2) is 9.18 Å². The van der Waals surface area contributed by atoms with Gasteiger partial charge in [-0.15, -0.1) is 0 Å². The third-order valence-electron chi connectivity index (χ3n) is 4.02. The monoisotopic (exact) mass is 370 g/mol. The van der Waals surface area contributed by atoms with Crippen LogP contribution in [0.4, 0.5) is 9.18 Å². The largest absolute Gasteiger partial charge is 0.327 e. The summed E-state index contributed by atoms with van der Waals surface area (Å²) in [6.45, 7) is 0. The second-order valence-corrected chi connectivity index (χ2v) is 6.31. The van der Waals surface area contributed by atoms with Crippen LogP contribution >= 0.6 is 11.6 Å². The number of halogens is 2. The topological polar surface area (TPSA) is 49.4 Å². The number of rotatable bonds is 4. The van der Waals surface area contributed by atoms with Crippen LogP contribution in [-0.2, 0) is 4.79 Å². The zero-order valence-electron chi connectivity index (χ0n) is 13.9. The molecule has 1 aliphatic rings. The maximum absolute atomic E-state index is 13.0. The van der Waals surface area contributed by atoms with E-state index in [0.717, 1.165) is 5.56 Å². The Kier molecular flexibility index (Phi) is 5.19. The van der Waals surface area contributed by atoms with Crippen LogP contribution in [0, 0.1) is 5.82 Å². The fourth-order valence-corrected chi connectivity index (χ4v) is 2.74. The molecule has 0 bridgehead atoms. The first-order valence-electron chi connectivity index (χ1n) is 7.92. The van der Waals surface area contributed by atoms with E-state index in [2.05, 4.69) is 5.32 Å². The maximum atomic E-state index is 13.0. The lowest BCUT2D eigenvalue weighted by atomic mass is 9.94. The number of allylic oxidation sites excluding steroid dienone is 1. The van der Waals surface area contributed by atoms with Crippen molar-refractivity contribution < 1.29 is 14.0 Å². The number of carbonyl (C=O) groups is 2. The SMILES string of the molecule is CN1C=C(C(=O)C=Cc2ccc(F)cc2)C(c2ccc(Cl)cc2)NC1=O. The van der Waals surface area contributed by atoms with Gasteiger partial charge in [0.25, 0.3) is 0 Å². The number of nitrogens with zero attached hydrogens (tertiary/aromatic N) is 1. The Morgan fingerprint density at radius 2 is 1.81 bits per heavy atom. The maximum Gasteiger partial charge on any atom is 0.321 e. The third kappa shape index (κ3) is 4.00. The number of carbonyl (C=O) groups excluding carboxylic acids is 2. The summed E-state index contributed by atoms with van der Waals surface area (Å²) in [4.78, 5) is 26.0. The van der Waals surface area contributed by atoms with Gasteiger partial charge in [-0.1, -0.05) is 41.9 Å². The van der Waals surface area contributed by atoms with Crippen LogP contribution in [0.25, 0.3) is 6.08 Å². The van der Waals surface area contributed by atoms with E-state index < -0.39 is 6.04 Å². The molecule has 1 aliphatic heterocycles. The fourth-order valence-electron chi connectivity index (χ4n) is 2.61. The Bertz CT molecular complexity index is 889. The zero-order chi connectivity index (χ0) is 18.7. The molecule has 2 aromatic carbocycles. The summed E-state index contributed by atoms with van der Waals surface area (Å²) in [7, 11) is 1.57. The van der Waals surface area contributed by atoms with Crippen molar-refractivity contribution in [3.63, 3.8) is 0 Å². The smallest absolute Gasteiger partial charge is 0.321 e. The summed E-state index contributed by atoms with van der Waals surface area (Å²) in [5, 5.41) is 3.38. The number of hydrogen-bond acceptors (Lipinski definition) is 2. The van der Waals surface area contributed by atoms with Crippen molar-refractivity contribution >= 4 is 29.5 Å². The summed E-state index contributed by atoms with van der Waals surface area (Å²) in [5.41, 5.74) is 1.88. The molecule has 1 heterocycles. The van der Waals surface area contributed by atoms with Crippen LogP contribution < -0.4 is 5.32 Å². The van der Waals surface area contributed by atoms with Crippen molar-refractivity contribution in [1.29, 1.82) is 0 Å². The summed E-state index contributed by atoms with van der Waals surface area (Å²) < 4.78 is 13.0. The molecule has 0 fully saturated rings. The van der Waals surface area contributed by atoms with Gasteiger partial charge in [0.05, 0.1) is 6.04 Å². The normalized spacial score (nSPS) is 17.2. The number of benzene rings is 2. The molecule has 2 amide bonds. The molecule has 2 aromatic rings. The second-order valence-electron chi connectivity index (χ2n) is 5.88. The van der Waals surface area contributed by atoms with Gasteiger partial charge in [-0.2, -0.15) is 0 Å². The van der Waals surface area contributed by atoms with E-state index >= 15 is 0 Å². The summed E-state index contributed by atoms with van der Waals surface area (Å²) in [6.07, 6.45) is 4.54. The van der Waals surface area contributed by atoms with E-state index in [-0.39, 0.29) is 17.6 Å². The van der Waals surface area contributed by atoms with Crippen LogP contribution in [0.3, 0.4) is 0 Å². The third-order valence-corrected chi connectivity index (χ3v) is 4.27. The molecule has 0 radical (unpaired) electrons. The minimum absolute atomic E-state index is 0.249. The van der Waals surface area contributed by atoms with E-state index in [9.17, 15) is 14.0 Å². The van der Waals surface area contributed by atoms with Crippen LogP contribution in [0.5, 0.6) is 0 Å². The lowest BCUT2D eigenvalue weighted by Crippen LogP contribution is -2.43. The second kappa shape index (κ2) is 7.54. The first-order valence-corrected chi connectivity index (χ1v) is 8.30. The predicted octanol–water partition coefficient (Wildman–Crippen LogP) is 4.34. The summed E-state index contributed by atoms with van der Waals surface area (Å²) >= 11 is 5.92. The molecule has 6 heteroatoms. The number of amides is 2. The number of ketones is 1. The number of urea groups is 1. The molecule has 132 valence electrons. The van der Waals surface area contributed by atoms with Crippen molar-refractivity contribution in [2.75, 3.05) is 7.05 Å². The van der Waals surface area contributed by atoms with Gasteiger partial charge in [0, 0.05) is 23.8 Å². The van der Waals surface area contributed by atoms with E-state index in [1.807, 2.05) is 0 Å². The lowest BCUT2D eigenvalue weighted by Gasteiger charge is -2.29. The van der Waals surface area contributed by atoms with E-state index in [0.29, 0.717) is 16.2 Å². The molecule has 0 saturated heterocycles. The summed E-state index contributed by atoms with van der Waals surface area (Å²) in [6, 6.07) is 11.9. The van der Waals surface area contributed by atoms with Crippen molar-refractivity contribution in [2.45, 2.75) is 6.04 Å². The van der Waals surface area contributed by atoms with Gasteiger partial charge in [-0.05, 0) is 41.5 Å². The molecule has 26 heavy (non-hydrogen) atoms. The highest BCUT2D eigenvalue weighted by Gasteiger charge is 2.29. The Morgan fingerprint density at radius 3 is 2.46 bits per heavy atom. The van der Waals surface area contributed by atoms with Crippen molar-refractivity contribution in [1.82, 2.24) is 10.2 Å². The highest BCUT2D eigenvalue weighted by Crippen LogP contribution is 2.27. The standard InChI is InChI=1S/C20H16ClFN2O2/c1-24-12-17(18(25)11-4-13-2-9-16(22)10-3-13)19(23-20(24)26)14-5-7-15(21)8-6-14/h2-12,19H,1H3,(H,23,26). The molecule has 1 atom stereocenters. The van der Waals surface area contributed by atoms with Crippen molar-refractivity contribution in [3.8, 4) is 0 Å². The predicted molar refractivity (Wildman–Crippen MR) is 99.0 cm³/mol. The molecule has 0 aliphatic carbocycles. The first kappa shape index (κ1) is 17.9. The van der Waals surface area contributed by atoms with Crippen molar-refractivity contribution in [3.05, 3.63) is 88.3 Å². The number of hydrogen-bond donors (Lipinski definition) is 1. The van der Waals surface area contributed by atoms with E-state index in [1.54, 1.807) is 49.5 Å². The van der Waals surface area contributed by atoms with E-state index in [1.165, 1.54) is 29.3 Å². The van der Waals surface area contributed by atoms with Crippen LogP contribution in [0.2, 0.25) is 5.02 Å². The first-order chi connectivity index (χ1) is 12.4. The van der Waals surface area contributed by atoms with Gasteiger partial charge in [0.1, 0.15) is 5.82 Å². The molecule has 0 saturated carbocycles. The minimum atomic E-state index is -0.568. The van der Waals surface area contributed by atoms with Crippen LogP contribution in [0.15, 0.2) is 66.4 Å². The quantitative estimate of drug-likeness (QED) is 0.814. The van der Waals surface area contributed by atoms with Gasteiger partial charge in [0.15, 0.2) is 5.78 Å². The van der Waals surface area contributed by atoms with Gasteiger partial charge in [0.2, 0.25) is 0 Å². The lowest BCUT2D eigenvalue weighted by molar-refractivity contribution is -0.111. The number of nitrogens with one attached hydrogen (secondary N) is 1. The highest BCUT2D eigenvalue weighted by atomic mass is 35.5. The fraction of sp³-hybridized carbons (Fsp3) is 0.100. The van der Waals surface area contributed by atoms with Gasteiger partial charge < -0.3 is 10.2 Å². The van der Waals surface area contributed by atoms with Crippen LogP contribution in [-0.4, -0.2) is 23.8 Å². The average molecular weight is 371 g/mol. The summed E-state index contributed by atoms with van der Waals surface area (Å²) in [5.74, 6) is -0.586. The molecule has 4 nitrogen and oxygen atoms in total. The highest BCUT2D eigenvalue weighted by molar-refractivity contribution is 6.30. The molecule has 1 N–H and O–H groups in total. The Labute approximate surface area is 155 Å². The van der Waals surface area contributed by atoms with Crippen LogP contribution in [0.1, 0.15) is 17.2 Å². The molecule has 3 rings (SSSR count). The van der Waals surface area contributed by atoms with Crippen molar-refractivity contribution in [2.24, 2.45) is 0 Å². The molecular weight excluding hydrogens is 355 g/mol. The molecular formula is C20H16ClFN2O2. The minimum Gasteiger partial charge on any atom is -0.327 e. The Balaban J connectivity index is 1.89. The van der Waals surface area contributed by atoms with Gasteiger partial charge >= 0.3 is 6.03 Å². The molecule has 1 unspecified atom stereocenters. The molecule has 0 aromatic heterocycles. The Hall–Kier alpha value is -2.92. The average Bonchev–Trinajstić information content (AvgIpc) is 2.63. The van der Waals surface area contributed by atoms with Gasteiger partial charge in [-0.3, -0.25) is 4.79 Å². The van der Waals surface area contributed by atoms with E-state index in [4.69, 9.17) is 11.6 Å². The zero-order valence-corrected chi connectivity index (χ0v) is 14.7.